The van der Waals surface area contributed by atoms with Gasteiger partial charge in [-0.15, -0.1) is 11.3 Å². The molecular weight excluding hydrogens is 400 g/mol. The van der Waals surface area contributed by atoms with Crippen LogP contribution in [0.4, 0.5) is 0 Å². The summed E-state index contributed by atoms with van der Waals surface area (Å²) in [4.78, 5) is 4.61. The van der Waals surface area contributed by atoms with Crippen molar-refractivity contribution in [1.82, 2.24) is 4.98 Å². The third-order valence-electron chi connectivity index (χ3n) is 3.70. The van der Waals surface area contributed by atoms with Gasteiger partial charge in [0.25, 0.3) is 0 Å². The molecule has 0 unspecified atom stereocenters. The molecule has 1 aliphatic rings. The molecule has 122 valence electrons. The molecule has 0 radical (unpaired) electrons. The normalized spacial score (nSPS) is 12.9. The van der Waals surface area contributed by atoms with E-state index >= 15 is 0 Å². The number of thiazole rings is 1. The molecule has 0 amide bonds. The van der Waals surface area contributed by atoms with Gasteiger partial charge in [0.1, 0.15) is 11.1 Å². The van der Waals surface area contributed by atoms with Crippen LogP contribution in [-0.2, 0) is 0 Å². The molecule has 0 N–H and O–H groups in total. The van der Waals surface area contributed by atoms with Gasteiger partial charge in [-0.2, -0.15) is 5.26 Å². The lowest BCUT2D eigenvalue weighted by molar-refractivity contribution is 0.174. The SMILES string of the molecule is N#CC(=Cc1ccc(Br)cc1)c1nc(-c2ccc3c(c2)OCO3)cs1. The number of allylic oxidation sites excluding steroid dienone is 1. The molecule has 25 heavy (non-hydrogen) atoms. The van der Waals surface area contributed by atoms with Crippen molar-refractivity contribution >= 4 is 38.9 Å². The highest BCUT2D eigenvalue weighted by Gasteiger charge is 2.15. The van der Waals surface area contributed by atoms with Gasteiger partial charge in [0.15, 0.2) is 11.5 Å². The Hall–Kier alpha value is -2.62. The second kappa shape index (κ2) is 6.71. The smallest absolute Gasteiger partial charge is 0.231 e. The van der Waals surface area contributed by atoms with Crippen LogP contribution < -0.4 is 9.47 Å². The highest BCUT2D eigenvalue weighted by atomic mass is 79.9. The van der Waals surface area contributed by atoms with E-state index < -0.39 is 0 Å². The lowest BCUT2D eigenvalue weighted by Gasteiger charge is -1.99. The largest absolute Gasteiger partial charge is 0.454 e. The number of hydrogen-bond donors (Lipinski definition) is 0. The number of benzene rings is 2. The van der Waals surface area contributed by atoms with E-state index in [1.54, 1.807) is 0 Å². The summed E-state index contributed by atoms with van der Waals surface area (Å²) in [7, 11) is 0. The second-order valence-corrected chi connectivity index (χ2v) is 7.10. The van der Waals surface area contributed by atoms with Crippen LogP contribution in [0.5, 0.6) is 11.5 Å². The Morgan fingerprint density at radius 3 is 2.76 bits per heavy atom. The number of aromatic nitrogens is 1. The Morgan fingerprint density at radius 2 is 1.96 bits per heavy atom. The number of nitriles is 1. The first-order valence-corrected chi connectivity index (χ1v) is 9.13. The van der Waals surface area contributed by atoms with Gasteiger partial charge < -0.3 is 9.47 Å². The van der Waals surface area contributed by atoms with E-state index in [1.807, 2.05) is 53.9 Å². The fraction of sp³-hybridized carbons (Fsp3) is 0.0526. The summed E-state index contributed by atoms with van der Waals surface area (Å²) in [5.74, 6) is 1.46. The second-order valence-electron chi connectivity index (χ2n) is 5.33. The Morgan fingerprint density at radius 1 is 1.16 bits per heavy atom. The number of hydrogen-bond acceptors (Lipinski definition) is 5. The zero-order valence-electron chi connectivity index (χ0n) is 12.9. The molecule has 2 aromatic carbocycles. The molecule has 1 aromatic heterocycles. The minimum absolute atomic E-state index is 0.246. The average molecular weight is 411 g/mol. The molecule has 2 heterocycles. The number of fused-ring (bicyclic) bond motifs is 1. The number of halogens is 1. The summed E-state index contributed by atoms with van der Waals surface area (Å²) in [5, 5.41) is 12.1. The molecule has 1 aliphatic heterocycles. The van der Waals surface area contributed by atoms with Crippen molar-refractivity contribution < 1.29 is 9.47 Å². The Balaban J connectivity index is 1.65. The third-order valence-corrected chi connectivity index (χ3v) is 5.11. The maximum absolute atomic E-state index is 9.50. The van der Waals surface area contributed by atoms with Gasteiger partial charge in [0.05, 0.1) is 11.3 Å². The summed E-state index contributed by atoms with van der Waals surface area (Å²) in [6, 6.07) is 15.8. The molecule has 0 spiro atoms. The predicted molar refractivity (Wildman–Crippen MR) is 101 cm³/mol. The zero-order chi connectivity index (χ0) is 17.2. The molecular formula is C19H11BrN2O2S. The summed E-state index contributed by atoms with van der Waals surface area (Å²) >= 11 is 4.86. The summed E-state index contributed by atoms with van der Waals surface area (Å²) < 4.78 is 11.7. The maximum atomic E-state index is 9.50. The van der Waals surface area contributed by atoms with Crippen LogP contribution in [-0.4, -0.2) is 11.8 Å². The fourth-order valence-corrected chi connectivity index (χ4v) is 3.51. The van der Waals surface area contributed by atoms with Gasteiger partial charge in [0, 0.05) is 15.4 Å². The molecule has 0 aliphatic carbocycles. The molecule has 6 heteroatoms. The highest BCUT2D eigenvalue weighted by molar-refractivity contribution is 9.10. The van der Waals surface area contributed by atoms with Crippen LogP contribution in [0.1, 0.15) is 10.6 Å². The summed E-state index contributed by atoms with van der Waals surface area (Å²) in [6.07, 6.45) is 1.84. The molecule has 0 fully saturated rings. The van der Waals surface area contributed by atoms with Crippen molar-refractivity contribution in [3.05, 3.63) is 62.9 Å². The Bertz CT molecular complexity index is 1000. The van der Waals surface area contributed by atoms with Crippen molar-refractivity contribution in [2.24, 2.45) is 0 Å². The Kier molecular flexibility index (Phi) is 4.26. The minimum atomic E-state index is 0.246. The molecule has 0 saturated carbocycles. The average Bonchev–Trinajstić information content (AvgIpc) is 3.30. The Labute approximate surface area is 157 Å². The summed E-state index contributed by atoms with van der Waals surface area (Å²) in [5.41, 5.74) is 3.25. The third kappa shape index (κ3) is 3.29. The van der Waals surface area contributed by atoms with Crippen LogP contribution in [0.15, 0.2) is 52.3 Å². The number of nitrogens with zero attached hydrogens (tertiary/aromatic N) is 2. The number of rotatable bonds is 3. The van der Waals surface area contributed by atoms with E-state index in [1.165, 1.54) is 11.3 Å². The van der Waals surface area contributed by atoms with E-state index in [9.17, 15) is 5.26 Å². The first-order valence-electron chi connectivity index (χ1n) is 7.46. The molecule has 0 bridgehead atoms. The van der Waals surface area contributed by atoms with Gasteiger partial charge in [0.2, 0.25) is 6.79 Å². The minimum Gasteiger partial charge on any atom is -0.454 e. The first-order chi connectivity index (χ1) is 12.2. The van der Waals surface area contributed by atoms with Crippen LogP contribution in [0.2, 0.25) is 0 Å². The van der Waals surface area contributed by atoms with Crippen LogP contribution in [0.25, 0.3) is 22.9 Å². The lowest BCUT2D eigenvalue weighted by atomic mass is 10.1. The van der Waals surface area contributed by atoms with Crippen molar-refractivity contribution in [1.29, 1.82) is 5.26 Å². The molecule has 0 saturated heterocycles. The van der Waals surface area contributed by atoms with Gasteiger partial charge >= 0.3 is 0 Å². The molecule has 4 nitrogen and oxygen atoms in total. The van der Waals surface area contributed by atoms with E-state index in [4.69, 9.17) is 9.47 Å². The standard InChI is InChI=1S/C19H11BrN2O2S/c20-15-4-1-12(2-5-15)7-14(9-21)19-22-16(10-25-19)13-3-6-17-18(8-13)24-11-23-17/h1-8,10H,11H2. The summed E-state index contributed by atoms with van der Waals surface area (Å²) in [6.45, 7) is 0.246. The van der Waals surface area contributed by atoms with E-state index in [-0.39, 0.29) is 6.79 Å². The molecule has 0 atom stereocenters. The molecule has 3 aromatic rings. The lowest BCUT2D eigenvalue weighted by Crippen LogP contribution is -1.92. The van der Waals surface area contributed by atoms with Crippen molar-refractivity contribution in [2.45, 2.75) is 0 Å². The highest BCUT2D eigenvalue weighted by Crippen LogP contribution is 2.36. The van der Waals surface area contributed by atoms with E-state index in [2.05, 4.69) is 27.0 Å². The fourth-order valence-electron chi connectivity index (χ4n) is 2.45. The van der Waals surface area contributed by atoms with Gasteiger partial charge in [-0.25, -0.2) is 4.98 Å². The van der Waals surface area contributed by atoms with Crippen LogP contribution in [0, 0.1) is 11.3 Å². The van der Waals surface area contributed by atoms with Crippen LogP contribution >= 0.6 is 27.3 Å². The van der Waals surface area contributed by atoms with Gasteiger partial charge in [-0.1, -0.05) is 28.1 Å². The van der Waals surface area contributed by atoms with Crippen LogP contribution in [0.3, 0.4) is 0 Å². The quantitative estimate of drug-likeness (QED) is 0.544. The van der Waals surface area contributed by atoms with E-state index in [0.717, 1.165) is 32.8 Å². The molecule has 4 rings (SSSR count). The van der Waals surface area contributed by atoms with Crippen molar-refractivity contribution in [2.75, 3.05) is 6.79 Å². The zero-order valence-corrected chi connectivity index (χ0v) is 15.3. The van der Waals surface area contributed by atoms with Crippen molar-refractivity contribution in [3.8, 4) is 28.8 Å². The monoisotopic (exact) mass is 410 g/mol. The van der Waals surface area contributed by atoms with Crippen molar-refractivity contribution in [3.63, 3.8) is 0 Å². The maximum Gasteiger partial charge on any atom is 0.231 e. The van der Waals surface area contributed by atoms with Gasteiger partial charge in [-0.3, -0.25) is 0 Å². The topological polar surface area (TPSA) is 55.1 Å². The first kappa shape index (κ1) is 15.9. The van der Waals surface area contributed by atoms with Gasteiger partial charge in [-0.05, 0) is 42.0 Å². The predicted octanol–water partition coefficient (Wildman–Crippen LogP) is 5.37. The van der Waals surface area contributed by atoms with E-state index in [0.29, 0.717) is 10.6 Å². The number of ether oxygens (including phenoxy) is 2.